The van der Waals surface area contributed by atoms with Crippen molar-refractivity contribution < 1.29 is 19.1 Å². The van der Waals surface area contributed by atoms with Gasteiger partial charge >= 0.3 is 6.09 Å². The maximum atomic E-state index is 11.8. The summed E-state index contributed by atoms with van der Waals surface area (Å²) in [6.45, 7) is -0.153. The van der Waals surface area contributed by atoms with Crippen molar-refractivity contribution in [2.24, 2.45) is 0 Å². The number of carbonyl (C=O) groups is 3. The molecule has 0 radical (unpaired) electrons. The van der Waals surface area contributed by atoms with E-state index in [1.54, 1.807) is 24.3 Å². The number of carbonyl (C=O) groups excluding carboxylic acids is 3. The average Bonchev–Trinajstić information content (AvgIpc) is 2.64. The molecule has 0 aromatic heterocycles. The highest BCUT2D eigenvalue weighted by atomic mass is 16.5. The van der Waals surface area contributed by atoms with E-state index < -0.39 is 18.0 Å². The second-order valence-corrected chi connectivity index (χ2v) is 5.01. The van der Waals surface area contributed by atoms with Crippen molar-refractivity contribution in [3.05, 3.63) is 71.8 Å². The monoisotopic (exact) mass is 326 g/mol. The van der Waals surface area contributed by atoms with Crippen LogP contribution in [0.4, 0.5) is 4.79 Å². The summed E-state index contributed by atoms with van der Waals surface area (Å²) >= 11 is 0. The fourth-order valence-electron chi connectivity index (χ4n) is 2.01. The van der Waals surface area contributed by atoms with Crippen molar-refractivity contribution in [2.75, 3.05) is 6.54 Å². The van der Waals surface area contributed by atoms with Gasteiger partial charge in [-0.15, -0.1) is 0 Å². The minimum Gasteiger partial charge on any atom is -0.445 e. The summed E-state index contributed by atoms with van der Waals surface area (Å²) in [4.78, 5) is 34.5. The molecule has 124 valence electrons. The number of amides is 2. The topological polar surface area (TPSA) is 84.5 Å². The Morgan fingerprint density at radius 2 is 1.62 bits per heavy atom. The Morgan fingerprint density at radius 3 is 2.25 bits per heavy atom. The Morgan fingerprint density at radius 1 is 1.00 bits per heavy atom. The van der Waals surface area contributed by atoms with Crippen LogP contribution in [0.1, 0.15) is 17.2 Å². The van der Waals surface area contributed by atoms with Gasteiger partial charge in [0.1, 0.15) is 25.5 Å². The first-order chi connectivity index (χ1) is 11.7. The molecule has 6 nitrogen and oxygen atoms in total. The van der Waals surface area contributed by atoms with Gasteiger partial charge in [0, 0.05) is 0 Å². The Bertz CT molecular complexity index is 674. The fourth-order valence-corrected chi connectivity index (χ4v) is 2.01. The van der Waals surface area contributed by atoms with E-state index in [0.29, 0.717) is 11.8 Å². The molecule has 24 heavy (non-hydrogen) atoms. The van der Waals surface area contributed by atoms with Crippen LogP contribution in [0.2, 0.25) is 0 Å². The second kappa shape index (κ2) is 9.09. The summed E-state index contributed by atoms with van der Waals surface area (Å²) in [7, 11) is 0. The smallest absolute Gasteiger partial charge is 0.407 e. The van der Waals surface area contributed by atoms with Crippen LogP contribution in [-0.2, 0) is 20.9 Å². The lowest BCUT2D eigenvalue weighted by atomic mass is 10.1. The molecular weight excluding hydrogens is 308 g/mol. The zero-order valence-corrected chi connectivity index (χ0v) is 13.0. The molecule has 0 heterocycles. The van der Waals surface area contributed by atoms with Gasteiger partial charge in [-0.3, -0.25) is 4.79 Å². The first-order valence-electron chi connectivity index (χ1n) is 7.43. The molecule has 0 saturated carbocycles. The van der Waals surface area contributed by atoms with Crippen LogP contribution in [0.5, 0.6) is 0 Å². The van der Waals surface area contributed by atoms with Gasteiger partial charge in [0.2, 0.25) is 5.91 Å². The van der Waals surface area contributed by atoms with E-state index in [9.17, 15) is 14.4 Å². The first kappa shape index (κ1) is 17.2. The standard InChI is InChI=1S/C18H18N2O4/c21-12-16(15-9-5-2-6-10-15)20-17(22)11-19-18(23)24-13-14-7-3-1-4-8-14/h1-10,12,16H,11,13H2,(H,19,23)(H,20,22)/t16-/m1/s1. The number of benzene rings is 2. The quantitative estimate of drug-likeness (QED) is 0.762. The highest BCUT2D eigenvalue weighted by Gasteiger charge is 2.14. The van der Waals surface area contributed by atoms with Gasteiger partial charge in [0.15, 0.2) is 0 Å². The van der Waals surface area contributed by atoms with E-state index in [0.717, 1.165) is 5.56 Å². The van der Waals surface area contributed by atoms with Crippen molar-refractivity contribution in [1.29, 1.82) is 0 Å². The molecule has 1 atom stereocenters. The molecule has 0 bridgehead atoms. The number of hydrogen-bond acceptors (Lipinski definition) is 4. The van der Waals surface area contributed by atoms with Crippen LogP contribution in [0, 0.1) is 0 Å². The Kier molecular flexibility index (Phi) is 6.52. The molecule has 0 aliphatic carbocycles. The maximum absolute atomic E-state index is 11.8. The molecular formula is C18H18N2O4. The molecule has 0 aliphatic heterocycles. The van der Waals surface area contributed by atoms with Gasteiger partial charge < -0.3 is 20.2 Å². The Labute approximate surface area is 139 Å². The Balaban J connectivity index is 1.74. The molecule has 0 spiro atoms. The fraction of sp³-hybridized carbons (Fsp3) is 0.167. The van der Waals surface area contributed by atoms with Gasteiger partial charge in [-0.05, 0) is 11.1 Å². The highest BCUT2D eigenvalue weighted by Crippen LogP contribution is 2.09. The van der Waals surface area contributed by atoms with Gasteiger partial charge in [-0.25, -0.2) is 4.79 Å². The summed E-state index contributed by atoms with van der Waals surface area (Å²) < 4.78 is 4.99. The van der Waals surface area contributed by atoms with E-state index in [-0.39, 0.29) is 13.2 Å². The summed E-state index contributed by atoms with van der Waals surface area (Å²) in [6.07, 6.45) is -0.0580. The molecule has 0 unspecified atom stereocenters. The Hall–Kier alpha value is -3.15. The van der Waals surface area contributed by atoms with Crippen LogP contribution < -0.4 is 10.6 Å². The summed E-state index contributed by atoms with van der Waals surface area (Å²) in [6, 6.07) is 17.3. The zero-order valence-electron chi connectivity index (χ0n) is 13.0. The molecule has 6 heteroatoms. The molecule has 2 rings (SSSR count). The number of ether oxygens (including phenoxy) is 1. The van der Waals surface area contributed by atoms with E-state index in [1.165, 1.54) is 0 Å². The molecule has 0 aliphatic rings. The third-order valence-corrected chi connectivity index (χ3v) is 3.22. The normalized spacial score (nSPS) is 11.2. The maximum Gasteiger partial charge on any atom is 0.407 e. The lowest BCUT2D eigenvalue weighted by Crippen LogP contribution is -2.39. The molecule has 0 fully saturated rings. The predicted octanol–water partition coefficient (Wildman–Crippen LogP) is 1.97. The van der Waals surface area contributed by atoms with Crippen LogP contribution in [-0.4, -0.2) is 24.8 Å². The first-order valence-corrected chi connectivity index (χ1v) is 7.43. The summed E-state index contributed by atoms with van der Waals surface area (Å²) in [5.41, 5.74) is 1.52. The number of nitrogens with one attached hydrogen (secondary N) is 2. The van der Waals surface area contributed by atoms with Crippen molar-refractivity contribution in [2.45, 2.75) is 12.6 Å². The third-order valence-electron chi connectivity index (χ3n) is 3.22. The molecule has 2 amide bonds. The number of hydrogen-bond donors (Lipinski definition) is 2. The van der Waals surface area contributed by atoms with Crippen molar-refractivity contribution >= 4 is 18.3 Å². The molecule has 2 aromatic rings. The largest absolute Gasteiger partial charge is 0.445 e. The van der Waals surface area contributed by atoms with Crippen molar-refractivity contribution in [3.63, 3.8) is 0 Å². The number of rotatable bonds is 7. The minimum absolute atomic E-state index is 0.120. The van der Waals surface area contributed by atoms with E-state index in [1.807, 2.05) is 36.4 Å². The molecule has 2 aromatic carbocycles. The van der Waals surface area contributed by atoms with E-state index in [4.69, 9.17) is 4.74 Å². The van der Waals surface area contributed by atoms with Gasteiger partial charge in [0.25, 0.3) is 0 Å². The number of alkyl carbamates (subject to hydrolysis) is 1. The lowest BCUT2D eigenvalue weighted by Gasteiger charge is -2.13. The van der Waals surface area contributed by atoms with Crippen LogP contribution in [0.25, 0.3) is 0 Å². The summed E-state index contributed by atoms with van der Waals surface area (Å²) in [5.74, 6) is -0.479. The van der Waals surface area contributed by atoms with Crippen LogP contribution in [0.15, 0.2) is 60.7 Å². The highest BCUT2D eigenvalue weighted by molar-refractivity contribution is 5.84. The second-order valence-electron chi connectivity index (χ2n) is 5.01. The minimum atomic E-state index is -0.749. The van der Waals surface area contributed by atoms with Crippen molar-refractivity contribution in [1.82, 2.24) is 10.6 Å². The van der Waals surface area contributed by atoms with E-state index in [2.05, 4.69) is 10.6 Å². The molecule has 0 saturated heterocycles. The lowest BCUT2D eigenvalue weighted by molar-refractivity contribution is -0.123. The van der Waals surface area contributed by atoms with E-state index >= 15 is 0 Å². The predicted molar refractivity (Wildman–Crippen MR) is 88.0 cm³/mol. The van der Waals surface area contributed by atoms with Gasteiger partial charge in [-0.1, -0.05) is 60.7 Å². The van der Waals surface area contributed by atoms with Crippen molar-refractivity contribution in [3.8, 4) is 0 Å². The number of aldehydes is 1. The zero-order chi connectivity index (χ0) is 17.2. The summed E-state index contributed by atoms with van der Waals surface area (Å²) in [5, 5.41) is 4.88. The third kappa shape index (κ3) is 5.57. The van der Waals surface area contributed by atoms with Gasteiger partial charge in [-0.2, -0.15) is 0 Å². The van der Waals surface area contributed by atoms with Crippen LogP contribution >= 0.6 is 0 Å². The average molecular weight is 326 g/mol. The molecule has 2 N–H and O–H groups in total. The SMILES string of the molecule is O=C[C@@H](NC(=O)CNC(=O)OCc1ccccc1)c1ccccc1. The van der Waals surface area contributed by atoms with Gasteiger partial charge in [0.05, 0.1) is 0 Å². The van der Waals surface area contributed by atoms with Crippen LogP contribution in [0.3, 0.4) is 0 Å².